The third kappa shape index (κ3) is 3.12. The van der Waals surface area contributed by atoms with E-state index in [0.717, 1.165) is 23.8 Å². The number of rotatable bonds is 4. The normalized spacial score (nSPS) is 11.3. The fourth-order valence-corrected chi connectivity index (χ4v) is 2.63. The van der Waals surface area contributed by atoms with E-state index in [1.807, 2.05) is 0 Å². The van der Waals surface area contributed by atoms with Crippen molar-refractivity contribution in [1.82, 2.24) is 0 Å². The minimum absolute atomic E-state index is 0.0134. The minimum atomic E-state index is -3.85. The summed E-state index contributed by atoms with van der Waals surface area (Å²) in [5, 5.41) is 0. The van der Waals surface area contributed by atoms with Crippen LogP contribution in [0, 0.1) is 11.6 Å². The molecule has 0 bridgehead atoms. The third-order valence-corrected chi connectivity index (χ3v) is 4.04. The molecule has 0 fully saturated rings. The molecule has 0 saturated heterocycles. The van der Waals surface area contributed by atoms with Crippen LogP contribution in [0.2, 0.25) is 0 Å². The molecule has 0 aliphatic heterocycles. The van der Waals surface area contributed by atoms with E-state index in [9.17, 15) is 17.2 Å². The van der Waals surface area contributed by atoms with Gasteiger partial charge in [-0.05, 0) is 29.8 Å². The van der Waals surface area contributed by atoms with Crippen molar-refractivity contribution in [2.24, 2.45) is 5.73 Å². The van der Waals surface area contributed by atoms with Gasteiger partial charge in [-0.1, -0.05) is 12.1 Å². The molecule has 0 radical (unpaired) electrons. The summed E-state index contributed by atoms with van der Waals surface area (Å²) < 4.78 is 52.1. The molecule has 0 unspecified atom stereocenters. The van der Waals surface area contributed by atoms with Gasteiger partial charge in [0, 0.05) is 12.6 Å². The SMILES string of the molecule is NCc1ccc(S(=O)(=O)Nc2ccc(F)c(F)c2)cc1. The number of nitrogens with two attached hydrogens (primary N) is 1. The highest BCUT2D eigenvalue weighted by molar-refractivity contribution is 7.92. The number of hydrogen-bond donors (Lipinski definition) is 2. The van der Waals surface area contributed by atoms with Crippen molar-refractivity contribution in [3.05, 3.63) is 59.7 Å². The van der Waals surface area contributed by atoms with Gasteiger partial charge in [-0.3, -0.25) is 4.72 Å². The molecule has 0 saturated carbocycles. The highest BCUT2D eigenvalue weighted by Crippen LogP contribution is 2.18. The Kier molecular flexibility index (Phi) is 4.01. The molecule has 20 heavy (non-hydrogen) atoms. The van der Waals surface area contributed by atoms with E-state index in [1.54, 1.807) is 12.1 Å². The van der Waals surface area contributed by atoms with Crippen molar-refractivity contribution in [3.8, 4) is 0 Å². The lowest BCUT2D eigenvalue weighted by Crippen LogP contribution is -2.13. The van der Waals surface area contributed by atoms with Crippen LogP contribution in [0.4, 0.5) is 14.5 Å². The van der Waals surface area contributed by atoms with Crippen LogP contribution < -0.4 is 10.5 Å². The smallest absolute Gasteiger partial charge is 0.261 e. The van der Waals surface area contributed by atoms with Gasteiger partial charge in [-0.15, -0.1) is 0 Å². The molecule has 4 nitrogen and oxygen atoms in total. The summed E-state index contributed by atoms with van der Waals surface area (Å²) in [7, 11) is -3.85. The number of nitrogens with one attached hydrogen (secondary N) is 1. The first-order valence-corrected chi connectivity index (χ1v) is 7.17. The lowest BCUT2D eigenvalue weighted by molar-refractivity contribution is 0.509. The van der Waals surface area contributed by atoms with E-state index in [1.165, 1.54) is 12.1 Å². The van der Waals surface area contributed by atoms with Gasteiger partial charge in [0.05, 0.1) is 10.6 Å². The maximum Gasteiger partial charge on any atom is 0.261 e. The van der Waals surface area contributed by atoms with Crippen LogP contribution in [0.25, 0.3) is 0 Å². The molecule has 7 heteroatoms. The fourth-order valence-electron chi connectivity index (χ4n) is 1.58. The standard InChI is InChI=1S/C13H12F2N2O2S/c14-12-6-3-10(7-13(12)15)17-20(18,19)11-4-1-9(8-16)2-5-11/h1-7,17H,8,16H2. The molecule has 106 valence electrons. The van der Waals surface area contributed by atoms with Gasteiger partial charge in [0.1, 0.15) is 0 Å². The summed E-state index contributed by atoms with van der Waals surface area (Å²) in [5.74, 6) is -2.16. The van der Waals surface area contributed by atoms with Gasteiger partial charge in [0.2, 0.25) is 0 Å². The zero-order valence-electron chi connectivity index (χ0n) is 10.3. The van der Waals surface area contributed by atoms with Crippen molar-refractivity contribution in [3.63, 3.8) is 0 Å². The second kappa shape index (κ2) is 5.56. The molecule has 0 aromatic heterocycles. The first kappa shape index (κ1) is 14.4. The molecule has 2 aromatic rings. The van der Waals surface area contributed by atoms with Crippen LogP contribution in [-0.4, -0.2) is 8.42 Å². The van der Waals surface area contributed by atoms with E-state index in [0.29, 0.717) is 6.54 Å². The minimum Gasteiger partial charge on any atom is -0.326 e. The Morgan fingerprint density at radius 1 is 1.00 bits per heavy atom. The highest BCUT2D eigenvalue weighted by Gasteiger charge is 2.15. The lowest BCUT2D eigenvalue weighted by atomic mass is 10.2. The van der Waals surface area contributed by atoms with Gasteiger partial charge in [-0.2, -0.15) is 0 Å². The van der Waals surface area contributed by atoms with E-state index < -0.39 is 21.7 Å². The molecule has 0 spiro atoms. The van der Waals surface area contributed by atoms with Crippen LogP contribution in [0.3, 0.4) is 0 Å². The van der Waals surface area contributed by atoms with Crippen molar-refractivity contribution in [2.75, 3.05) is 4.72 Å². The lowest BCUT2D eigenvalue weighted by Gasteiger charge is -2.08. The van der Waals surface area contributed by atoms with Gasteiger partial charge < -0.3 is 5.73 Å². The van der Waals surface area contributed by atoms with Crippen LogP contribution >= 0.6 is 0 Å². The van der Waals surface area contributed by atoms with Gasteiger partial charge in [-0.25, -0.2) is 17.2 Å². The Morgan fingerprint density at radius 3 is 2.20 bits per heavy atom. The maximum absolute atomic E-state index is 13.0. The van der Waals surface area contributed by atoms with Crippen LogP contribution in [0.15, 0.2) is 47.4 Å². The van der Waals surface area contributed by atoms with Crippen LogP contribution in [-0.2, 0) is 16.6 Å². The van der Waals surface area contributed by atoms with Crippen molar-refractivity contribution < 1.29 is 17.2 Å². The topological polar surface area (TPSA) is 72.2 Å². The summed E-state index contributed by atoms with van der Waals surface area (Å²) >= 11 is 0. The van der Waals surface area contributed by atoms with Crippen molar-refractivity contribution in [1.29, 1.82) is 0 Å². The number of benzene rings is 2. The van der Waals surface area contributed by atoms with Crippen molar-refractivity contribution >= 4 is 15.7 Å². The predicted molar refractivity (Wildman–Crippen MR) is 71.5 cm³/mol. The second-order valence-electron chi connectivity index (χ2n) is 4.08. The molecule has 0 aliphatic rings. The maximum atomic E-state index is 13.0. The summed E-state index contributed by atoms with van der Waals surface area (Å²) in [4.78, 5) is 0.0134. The quantitative estimate of drug-likeness (QED) is 0.909. The Labute approximate surface area is 115 Å². The average Bonchev–Trinajstić information content (AvgIpc) is 2.43. The van der Waals surface area contributed by atoms with Crippen LogP contribution in [0.1, 0.15) is 5.56 Å². The Morgan fingerprint density at radius 2 is 1.65 bits per heavy atom. The van der Waals surface area contributed by atoms with E-state index in [-0.39, 0.29) is 10.6 Å². The highest BCUT2D eigenvalue weighted by atomic mass is 32.2. The third-order valence-electron chi connectivity index (χ3n) is 2.64. The molecular weight excluding hydrogens is 286 g/mol. The number of sulfonamides is 1. The summed E-state index contributed by atoms with van der Waals surface area (Å²) in [5.41, 5.74) is 6.16. The first-order valence-electron chi connectivity index (χ1n) is 5.69. The first-order chi connectivity index (χ1) is 9.42. The van der Waals surface area contributed by atoms with E-state index >= 15 is 0 Å². The average molecular weight is 298 g/mol. The van der Waals surface area contributed by atoms with Crippen LogP contribution in [0.5, 0.6) is 0 Å². The Balaban J connectivity index is 2.27. The molecule has 0 heterocycles. The van der Waals surface area contributed by atoms with Gasteiger partial charge in [0.25, 0.3) is 10.0 Å². The Bertz CT molecular complexity index is 716. The van der Waals surface area contributed by atoms with E-state index in [2.05, 4.69) is 4.72 Å². The summed E-state index contributed by atoms with van der Waals surface area (Å²) in [6.45, 7) is 0.303. The zero-order chi connectivity index (χ0) is 14.8. The summed E-state index contributed by atoms with van der Waals surface area (Å²) in [6.07, 6.45) is 0. The Hall–Kier alpha value is -1.99. The molecular formula is C13H12F2N2O2S. The van der Waals surface area contributed by atoms with E-state index in [4.69, 9.17) is 5.73 Å². The monoisotopic (exact) mass is 298 g/mol. The zero-order valence-corrected chi connectivity index (χ0v) is 11.1. The number of anilines is 1. The molecule has 2 rings (SSSR count). The largest absolute Gasteiger partial charge is 0.326 e. The predicted octanol–water partition coefficient (Wildman–Crippen LogP) is 2.22. The second-order valence-corrected chi connectivity index (χ2v) is 5.76. The molecule has 0 aliphatic carbocycles. The van der Waals surface area contributed by atoms with Gasteiger partial charge in [0.15, 0.2) is 11.6 Å². The molecule has 2 aromatic carbocycles. The molecule has 0 atom stereocenters. The molecule has 3 N–H and O–H groups in total. The van der Waals surface area contributed by atoms with Gasteiger partial charge >= 0.3 is 0 Å². The number of hydrogen-bond acceptors (Lipinski definition) is 3. The number of halogens is 2. The fraction of sp³-hybridized carbons (Fsp3) is 0.0769. The van der Waals surface area contributed by atoms with Crippen molar-refractivity contribution in [2.45, 2.75) is 11.4 Å². The molecule has 0 amide bonds. The summed E-state index contributed by atoms with van der Waals surface area (Å²) in [6, 6.07) is 8.73.